The maximum absolute atomic E-state index is 6.03. The molecule has 0 saturated carbocycles. The van der Waals surface area contributed by atoms with Crippen LogP contribution in [0.1, 0.15) is 51.3 Å². The normalized spacial score (nSPS) is 16.9. The smallest absolute Gasteiger partial charge is 0.129 e. The molecule has 0 aliphatic carbocycles. The van der Waals surface area contributed by atoms with Gasteiger partial charge in [0.25, 0.3) is 0 Å². The molecule has 2 heterocycles. The van der Waals surface area contributed by atoms with E-state index in [0.29, 0.717) is 5.88 Å². The number of rotatable bonds is 5. The van der Waals surface area contributed by atoms with E-state index in [9.17, 15) is 0 Å². The zero-order valence-electron chi connectivity index (χ0n) is 13.0. The van der Waals surface area contributed by atoms with Crippen molar-refractivity contribution < 1.29 is 0 Å². The van der Waals surface area contributed by atoms with Crippen molar-refractivity contribution in [2.45, 2.75) is 52.3 Å². The summed E-state index contributed by atoms with van der Waals surface area (Å²) in [6.07, 6.45) is 4.74. The fourth-order valence-corrected chi connectivity index (χ4v) is 3.21. The van der Waals surface area contributed by atoms with Gasteiger partial charge in [0, 0.05) is 24.7 Å². The third-order valence-corrected chi connectivity index (χ3v) is 4.70. The summed E-state index contributed by atoms with van der Waals surface area (Å²) in [5.41, 5.74) is 2.39. The Balaban J connectivity index is 2.10. The highest BCUT2D eigenvalue weighted by Gasteiger charge is 2.22. The Morgan fingerprint density at radius 2 is 2.00 bits per heavy atom. The molecule has 3 heteroatoms. The van der Waals surface area contributed by atoms with E-state index in [1.54, 1.807) is 0 Å². The molecule has 112 valence electrons. The second-order valence-corrected chi connectivity index (χ2v) is 6.54. The lowest BCUT2D eigenvalue weighted by Gasteiger charge is -2.35. The minimum atomic E-state index is 0.578. The zero-order valence-corrected chi connectivity index (χ0v) is 13.8. The van der Waals surface area contributed by atoms with E-state index in [2.05, 4.69) is 37.8 Å². The van der Waals surface area contributed by atoms with Gasteiger partial charge >= 0.3 is 0 Å². The lowest BCUT2D eigenvalue weighted by molar-refractivity contribution is 0.310. The highest BCUT2D eigenvalue weighted by molar-refractivity contribution is 6.17. The van der Waals surface area contributed by atoms with Crippen molar-refractivity contribution in [2.75, 3.05) is 18.0 Å². The first-order chi connectivity index (χ1) is 9.63. The first-order valence-corrected chi connectivity index (χ1v) is 8.48. The van der Waals surface area contributed by atoms with Crippen molar-refractivity contribution in [3.05, 3.63) is 23.4 Å². The van der Waals surface area contributed by atoms with E-state index >= 15 is 0 Å². The molecule has 0 amide bonds. The molecule has 0 N–H and O–H groups in total. The molecular weight excluding hydrogens is 268 g/mol. The number of piperidine rings is 1. The van der Waals surface area contributed by atoms with Crippen LogP contribution >= 0.6 is 11.6 Å². The summed E-state index contributed by atoms with van der Waals surface area (Å²) >= 11 is 6.03. The number of nitrogens with zero attached hydrogens (tertiary/aromatic N) is 2. The molecule has 2 nitrogen and oxygen atoms in total. The van der Waals surface area contributed by atoms with Gasteiger partial charge in [0.1, 0.15) is 5.82 Å². The van der Waals surface area contributed by atoms with Crippen LogP contribution in [0.15, 0.2) is 12.1 Å². The second-order valence-electron chi connectivity index (χ2n) is 6.28. The molecule has 1 aromatic heterocycles. The van der Waals surface area contributed by atoms with E-state index < -0.39 is 0 Å². The van der Waals surface area contributed by atoms with Crippen LogP contribution in [0.3, 0.4) is 0 Å². The van der Waals surface area contributed by atoms with Crippen molar-refractivity contribution in [3.63, 3.8) is 0 Å². The second kappa shape index (κ2) is 7.31. The Bertz CT molecular complexity index is 423. The van der Waals surface area contributed by atoms with E-state index in [1.165, 1.54) is 24.1 Å². The number of hydrogen-bond donors (Lipinski definition) is 0. The fraction of sp³-hybridized carbons (Fsp3) is 0.706. The zero-order chi connectivity index (χ0) is 14.5. The third kappa shape index (κ3) is 3.88. The average Bonchev–Trinajstić information content (AvgIpc) is 2.47. The summed E-state index contributed by atoms with van der Waals surface area (Å²) in [6, 6.07) is 4.32. The van der Waals surface area contributed by atoms with Gasteiger partial charge in [0.15, 0.2) is 0 Å². The quantitative estimate of drug-likeness (QED) is 0.735. The van der Waals surface area contributed by atoms with Crippen molar-refractivity contribution in [2.24, 2.45) is 11.8 Å². The molecule has 0 spiro atoms. The van der Waals surface area contributed by atoms with E-state index in [1.807, 2.05) is 0 Å². The molecule has 1 saturated heterocycles. The minimum Gasteiger partial charge on any atom is -0.357 e. The van der Waals surface area contributed by atoms with Crippen molar-refractivity contribution in [1.29, 1.82) is 0 Å². The summed E-state index contributed by atoms with van der Waals surface area (Å²) in [5, 5.41) is 0. The summed E-state index contributed by atoms with van der Waals surface area (Å²) in [6.45, 7) is 9.14. The predicted molar refractivity (Wildman–Crippen MR) is 87.6 cm³/mol. The van der Waals surface area contributed by atoms with Crippen molar-refractivity contribution in [3.8, 4) is 0 Å². The number of anilines is 1. The monoisotopic (exact) mass is 294 g/mol. The average molecular weight is 295 g/mol. The lowest BCUT2D eigenvalue weighted by atomic mass is 9.87. The molecule has 0 aromatic carbocycles. The SMILES string of the molecule is CCCc1cc(CCl)cc(N2CCC(C(C)C)CC2)n1. The molecule has 2 rings (SSSR count). The summed E-state index contributed by atoms with van der Waals surface area (Å²) in [4.78, 5) is 7.27. The van der Waals surface area contributed by atoms with Crippen molar-refractivity contribution in [1.82, 2.24) is 4.98 Å². The van der Waals surface area contributed by atoms with Crippen LogP contribution in [0.25, 0.3) is 0 Å². The topological polar surface area (TPSA) is 16.1 Å². The molecule has 1 aliphatic rings. The number of halogens is 1. The van der Waals surface area contributed by atoms with Gasteiger partial charge in [-0.25, -0.2) is 4.98 Å². The summed E-state index contributed by atoms with van der Waals surface area (Å²) in [7, 11) is 0. The van der Waals surface area contributed by atoms with Gasteiger partial charge in [-0.1, -0.05) is 27.2 Å². The highest BCUT2D eigenvalue weighted by atomic mass is 35.5. The number of pyridine rings is 1. The highest BCUT2D eigenvalue weighted by Crippen LogP contribution is 2.28. The number of aryl methyl sites for hydroxylation is 1. The van der Waals surface area contributed by atoms with Gasteiger partial charge in [0.05, 0.1) is 0 Å². The third-order valence-electron chi connectivity index (χ3n) is 4.39. The number of hydrogen-bond acceptors (Lipinski definition) is 2. The van der Waals surface area contributed by atoms with Crippen LogP contribution in [0.4, 0.5) is 5.82 Å². The van der Waals surface area contributed by atoms with Gasteiger partial charge in [0.2, 0.25) is 0 Å². The summed E-state index contributed by atoms with van der Waals surface area (Å²) < 4.78 is 0. The van der Waals surface area contributed by atoms with Gasteiger partial charge < -0.3 is 4.90 Å². The van der Waals surface area contributed by atoms with Crippen LogP contribution in [0, 0.1) is 11.8 Å². The summed E-state index contributed by atoms with van der Waals surface area (Å²) in [5.74, 6) is 3.38. The first kappa shape index (κ1) is 15.6. The van der Waals surface area contributed by atoms with Crippen LogP contribution in [0.5, 0.6) is 0 Å². The lowest BCUT2D eigenvalue weighted by Crippen LogP contribution is -2.35. The molecular formula is C17H27ClN2. The molecule has 0 atom stereocenters. The Hall–Kier alpha value is -0.760. The van der Waals surface area contributed by atoms with Crippen LogP contribution in [0.2, 0.25) is 0 Å². The van der Waals surface area contributed by atoms with E-state index in [0.717, 1.165) is 43.6 Å². The van der Waals surface area contributed by atoms with Crippen molar-refractivity contribution >= 4 is 17.4 Å². The molecule has 0 unspecified atom stereocenters. The molecule has 0 bridgehead atoms. The molecule has 20 heavy (non-hydrogen) atoms. The van der Waals surface area contributed by atoms with Crippen LogP contribution in [-0.4, -0.2) is 18.1 Å². The number of alkyl halides is 1. The first-order valence-electron chi connectivity index (χ1n) is 7.94. The van der Waals surface area contributed by atoms with Gasteiger partial charge in [-0.2, -0.15) is 0 Å². The van der Waals surface area contributed by atoms with Crippen LogP contribution < -0.4 is 4.90 Å². The Kier molecular flexibility index (Phi) is 5.71. The molecule has 1 aromatic rings. The van der Waals surface area contributed by atoms with Gasteiger partial charge in [-0.3, -0.25) is 0 Å². The number of aromatic nitrogens is 1. The minimum absolute atomic E-state index is 0.578. The van der Waals surface area contributed by atoms with Gasteiger partial charge in [-0.05, 0) is 48.8 Å². The van der Waals surface area contributed by atoms with Gasteiger partial charge in [-0.15, -0.1) is 11.6 Å². The molecule has 1 fully saturated rings. The Labute approximate surface area is 128 Å². The van der Waals surface area contributed by atoms with E-state index in [4.69, 9.17) is 16.6 Å². The maximum Gasteiger partial charge on any atom is 0.129 e. The standard InChI is InChI=1S/C17H27ClN2/c1-4-5-16-10-14(12-18)11-17(19-16)20-8-6-15(7-9-20)13(2)3/h10-11,13,15H,4-9,12H2,1-3H3. The Morgan fingerprint density at radius 1 is 1.30 bits per heavy atom. The fourth-order valence-electron chi connectivity index (χ4n) is 3.05. The maximum atomic E-state index is 6.03. The Morgan fingerprint density at radius 3 is 2.55 bits per heavy atom. The molecule has 1 aliphatic heterocycles. The molecule has 0 radical (unpaired) electrons. The largest absolute Gasteiger partial charge is 0.357 e. The predicted octanol–water partition coefficient (Wildman–Crippen LogP) is 4.65. The van der Waals surface area contributed by atoms with E-state index in [-0.39, 0.29) is 0 Å². The van der Waals surface area contributed by atoms with Crippen LogP contribution in [-0.2, 0) is 12.3 Å².